The molecule has 1 aromatic carbocycles. The number of benzene rings is 1. The van der Waals surface area contributed by atoms with E-state index >= 15 is 0 Å². The van der Waals surface area contributed by atoms with Crippen molar-refractivity contribution in [1.29, 1.82) is 0 Å². The molecule has 5 rings (SSSR count). The maximum Gasteiger partial charge on any atom is 0.290 e. The highest BCUT2D eigenvalue weighted by atomic mass is 32.2. The maximum atomic E-state index is 14.1. The van der Waals surface area contributed by atoms with E-state index in [4.69, 9.17) is 0 Å². The van der Waals surface area contributed by atoms with Gasteiger partial charge in [0.2, 0.25) is 5.95 Å². The van der Waals surface area contributed by atoms with Gasteiger partial charge in [0.15, 0.2) is 0 Å². The van der Waals surface area contributed by atoms with Crippen LogP contribution >= 0.6 is 23.1 Å². The van der Waals surface area contributed by atoms with Crippen LogP contribution in [0.25, 0.3) is 17.2 Å². The number of hydrogen-bond donors (Lipinski definition) is 3. The molecule has 2 aromatic heterocycles. The van der Waals surface area contributed by atoms with Gasteiger partial charge >= 0.3 is 0 Å². The number of anilines is 1. The molecule has 2 amide bonds. The van der Waals surface area contributed by atoms with E-state index in [0.717, 1.165) is 60.7 Å². The van der Waals surface area contributed by atoms with Crippen LogP contribution < -0.4 is 16.0 Å². The smallest absolute Gasteiger partial charge is 0.290 e. The molecule has 1 aliphatic carbocycles. The van der Waals surface area contributed by atoms with Gasteiger partial charge in [0.1, 0.15) is 5.82 Å². The lowest BCUT2D eigenvalue weighted by atomic mass is 9.86. The lowest BCUT2D eigenvalue weighted by molar-refractivity contribution is -0.115. The van der Waals surface area contributed by atoms with E-state index in [2.05, 4.69) is 32.0 Å². The molecule has 2 aliphatic rings. The molecule has 3 N–H and O–H groups in total. The lowest BCUT2D eigenvalue weighted by Gasteiger charge is -2.29. The summed E-state index contributed by atoms with van der Waals surface area (Å²) in [6.45, 7) is 1.54. The average Bonchev–Trinajstić information content (AvgIpc) is 3.50. The molecule has 186 valence electrons. The van der Waals surface area contributed by atoms with Crippen molar-refractivity contribution >= 4 is 46.3 Å². The lowest BCUT2D eigenvalue weighted by Crippen LogP contribution is -2.31. The van der Waals surface area contributed by atoms with E-state index in [-0.39, 0.29) is 17.1 Å². The van der Waals surface area contributed by atoms with Crippen molar-refractivity contribution in [3.8, 4) is 11.1 Å². The second-order valence-corrected chi connectivity index (χ2v) is 10.8. The fourth-order valence-electron chi connectivity index (χ4n) is 4.54. The molecule has 3 aromatic rings. The van der Waals surface area contributed by atoms with Crippen LogP contribution in [0.4, 0.5) is 15.1 Å². The Kier molecular flexibility index (Phi) is 7.74. The third-order valence-corrected chi connectivity index (χ3v) is 7.85. The van der Waals surface area contributed by atoms with Crippen LogP contribution in [0.2, 0.25) is 0 Å². The van der Waals surface area contributed by atoms with Gasteiger partial charge in [-0.1, -0.05) is 0 Å². The molecule has 1 saturated carbocycles. The Morgan fingerprint density at radius 1 is 1.11 bits per heavy atom. The van der Waals surface area contributed by atoms with E-state index in [9.17, 15) is 14.0 Å². The van der Waals surface area contributed by atoms with Crippen LogP contribution in [0.3, 0.4) is 0 Å². The van der Waals surface area contributed by atoms with Gasteiger partial charge in [0.05, 0.1) is 10.6 Å². The first kappa shape index (κ1) is 24.6. The second kappa shape index (κ2) is 11.3. The first-order valence-electron chi connectivity index (χ1n) is 11.9. The number of aromatic nitrogens is 2. The molecule has 1 saturated heterocycles. The summed E-state index contributed by atoms with van der Waals surface area (Å²) in [7, 11) is 0. The summed E-state index contributed by atoms with van der Waals surface area (Å²) in [4.78, 5) is 32.2. The minimum atomic E-state index is -0.398. The van der Waals surface area contributed by atoms with Gasteiger partial charge in [0, 0.05) is 18.8 Å². The molecular formula is C26H26FN5O2S2. The highest BCUT2D eigenvalue weighted by Crippen LogP contribution is 2.28. The minimum Gasteiger partial charge on any atom is -0.351 e. The Morgan fingerprint density at radius 2 is 1.97 bits per heavy atom. The number of halogens is 1. The summed E-state index contributed by atoms with van der Waals surface area (Å²) < 4.78 is 14.1. The fraction of sp³-hybridized carbons (Fsp3) is 0.308. The molecular weight excluding hydrogens is 497 g/mol. The van der Waals surface area contributed by atoms with Gasteiger partial charge in [-0.25, -0.2) is 14.4 Å². The quantitative estimate of drug-likeness (QED) is 0.339. The number of imide groups is 1. The van der Waals surface area contributed by atoms with Gasteiger partial charge < -0.3 is 10.6 Å². The fourth-order valence-corrected chi connectivity index (χ4v) is 5.87. The van der Waals surface area contributed by atoms with E-state index in [1.165, 1.54) is 0 Å². The summed E-state index contributed by atoms with van der Waals surface area (Å²) in [6.07, 6.45) is 7.43. The molecule has 0 spiro atoms. The Hall–Kier alpha value is -3.08. The summed E-state index contributed by atoms with van der Waals surface area (Å²) >= 11 is 2.48. The van der Waals surface area contributed by atoms with Gasteiger partial charge in [-0.05, 0) is 114 Å². The molecule has 10 heteroatoms. The monoisotopic (exact) mass is 523 g/mol. The molecule has 36 heavy (non-hydrogen) atoms. The largest absolute Gasteiger partial charge is 0.351 e. The first-order chi connectivity index (χ1) is 17.5. The van der Waals surface area contributed by atoms with E-state index < -0.39 is 5.91 Å². The number of amides is 2. The number of carbonyl (C=O) groups excluding carboxylic acids is 2. The first-order valence-corrected chi connectivity index (χ1v) is 13.6. The molecule has 0 atom stereocenters. The van der Waals surface area contributed by atoms with Crippen molar-refractivity contribution in [2.75, 3.05) is 11.9 Å². The molecule has 3 heterocycles. The normalized spacial score (nSPS) is 21.1. The summed E-state index contributed by atoms with van der Waals surface area (Å²) in [5, 5.41) is 12.8. The summed E-state index contributed by atoms with van der Waals surface area (Å²) in [6, 6.07) is 9.24. The van der Waals surface area contributed by atoms with Crippen molar-refractivity contribution in [3.63, 3.8) is 0 Å². The maximum absolute atomic E-state index is 14.1. The third kappa shape index (κ3) is 6.37. The zero-order valence-corrected chi connectivity index (χ0v) is 21.1. The van der Waals surface area contributed by atoms with Crippen LogP contribution in [0.1, 0.15) is 36.9 Å². The zero-order valence-electron chi connectivity index (χ0n) is 19.5. The van der Waals surface area contributed by atoms with Crippen molar-refractivity contribution in [2.24, 2.45) is 5.92 Å². The number of thiophene rings is 1. The van der Waals surface area contributed by atoms with E-state index in [0.29, 0.717) is 29.0 Å². The van der Waals surface area contributed by atoms with Gasteiger partial charge in [-0.2, -0.15) is 11.3 Å². The Balaban J connectivity index is 1.08. The molecule has 7 nitrogen and oxygen atoms in total. The highest BCUT2D eigenvalue weighted by molar-refractivity contribution is 8.18. The molecule has 0 radical (unpaired) electrons. The van der Waals surface area contributed by atoms with Crippen molar-refractivity contribution in [1.82, 2.24) is 20.6 Å². The van der Waals surface area contributed by atoms with E-state index in [1.807, 2.05) is 16.8 Å². The van der Waals surface area contributed by atoms with Crippen LogP contribution in [0, 0.1) is 11.7 Å². The Labute approximate surface area is 217 Å². The van der Waals surface area contributed by atoms with Crippen LogP contribution in [0.5, 0.6) is 0 Å². The number of thioether (sulfide) groups is 1. The molecule has 0 bridgehead atoms. The Morgan fingerprint density at radius 3 is 2.72 bits per heavy atom. The minimum absolute atomic E-state index is 0.205. The van der Waals surface area contributed by atoms with E-state index in [1.54, 1.807) is 41.8 Å². The zero-order chi connectivity index (χ0) is 24.9. The van der Waals surface area contributed by atoms with Crippen molar-refractivity contribution in [3.05, 3.63) is 69.3 Å². The van der Waals surface area contributed by atoms with Crippen LogP contribution in [-0.2, 0) is 11.3 Å². The molecule has 2 fully saturated rings. The number of hydrogen-bond acceptors (Lipinski definition) is 8. The van der Waals surface area contributed by atoms with Gasteiger partial charge in [0.25, 0.3) is 11.1 Å². The SMILES string of the molecule is O=C1NC(=O)/C(=C/c2ccnc(N[C@H]3CC[C@H](CNCc4cc(F)cc(-c5ccsc5)c4)CC3)n2)S1. The molecule has 0 unspecified atom stereocenters. The predicted octanol–water partition coefficient (Wildman–Crippen LogP) is 5.43. The number of carbonyl (C=O) groups is 2. The summed E-state index contributed by atoms with van der Waals surface area (Å²) in [5.74, 6) is 0.488. The highest BCUT2D eigenvalue weighted by Gasteiger charge is 2.25. The van der Waals surface area contributed by atoms with Crippen molar-refractivity contribution < 1.29 is 14.0 Å². The molecule has 1 aliphatic heterocycles. The number of nitrogens with one attached hydrogen (secondary N) is 3. The van der Waals surface area contributed by atoms with Crippen molar-refractivity contribution in [2.45, 2.75) is 38.3 Å². The number of nitrogens with zero attached hydrogens (tertiary/aromatic N) is 2. The van der Waals surface area contributed by atoms with Gasteiger partial charge in [-0.15, -0.1) is 0 Å². The topological polar surface area (TPSA) is 96.0 Å². The Bertz CT molecular complexity index is 1270. The summed E-state index contributed by atoms with van der Waals surface area (Å²) in [5.41, 5.74) is 3.50. The van der Waals surface area contributed by atoms with Crippen LogP contribution in [-0.4, -0.2) is 33.7 Å². The third-order valence-electron chi connectivity index (χ3n) is 6.35. The van der Waals surface area contributed by atoms with Gasteiger partial charge in [-0.3, -0.25) is 14.9 Å². The standard InChI is InChI=1S/C26H26FN5O2S2/c27-20-10-17(9-19(11-20)18-6-8-35-15-18)14-28-13-16-1-3-21(4-2-16)30-25-29-7-5-22(31-25)12-23-24(33)32-26(34)36-23/h5-12,15-16,21,28H,1-4,13-14H2,(H,29,30,31)(H,32,33,34)/b23-12-/t16-,21-. The second-order valence-electron chi connectivity index (χ2n) is 9.01. The average molecular weight is 524 g/mol. The number of rotatable bonds is 8. The predicted molar refractivity (Wildman–Crippen MR) is 142 cm³/mol. The van der Waals surface area contributed by atoms with Crippen LogP contribution in [0.15, 0.2) is 52.2 Å².